The number of rotatable bonds is 4. The number of hydrogen-bond acceptors (Lipinski definition) is 3. The fraction of sp³-hybridized carbons (Fsp3) is 0.190. The minimum Gasteiger partial charge on any atom is -0.326 e. The number of aryl methyl sites for hydroxylation is 1. The predicted octanol–water partition coefficient (Wildman–Crippen LogP) is 3.28. The third-order valence-corrected chi connectivity index (χ3v) is 4.73. The quantitative estimate of drug-likeness (QED) is 0.762. The molecule has 3 aromatic rings. The van der Waals surface area contributed by atoms with Gasteiger partial charge in [0.1, 0.15) is 5.82 Å². The van der Waals surface area contributed by atoms with Gasteiger partial charge in [0.25, 0.3) is 5.56 Å². The number of nitrogens with one attached hydrogen (secondary N) is 2. The van der Waals surface area contributed by atoms with Crippen molar-refractivity contribution in [1.82, 2.24) is 9.97 Å². The molecule has 1 aliphatic rings. The van der Waals surface area contributed by atoms with E-state index in [2.05, 4.69) is 21.4 Å². The normalized spacial score (nSPS) is 15.0. The second kappa shape index (κ2) is 6.59. The fourth-order valence-corrected chi connectivity index (χ4v) is 3.29. The maximum absolute atomic E-state index is 12.6. The first kappa shape index (κ1) is 16.3. The van der Waals surface area contributed by atoms with Gasteiger partial charge in [-0.1, -0.05) is 43.3 Å². The highest BCUT2D eigenvalue weighted by atomic mass is 16.2. The lowest BCUT2D eigenvalue weighted by atomic mass is 9.77. The fourth-order valence-electron chi connectivity index (χ4n) is 3.29. The zero-order chi connectivity index (χ0) is 18.1. The van der Waals surface area contributed by atoms with E-state index in [9.17, 15) is 9.59 Å². The lowest BCUT2D eigenvalue weighted by molar-refractivity contribution is -0.118. The van der Waals surface area contributed by atoms with E-state index in [1.807, 2.05) is 49.4 Å². The summed E-state index contributed by atoms with van der Waals surface area (Å²) in [7, 11) is 0. The van der Waals surface area contributed by atoms with Gasteiger partial charge in [-0.05, 0) is 36.1 Å². The van der Waals surface area contributed by atoms with E-state index in [1.54, 1.807) is 0 Å². The Morgan fingerprint density at radius 1 is 1.19 bits per heavy atom. The molecule has 4 rings (SSSR count). The van der Waals surface area contributed by atoms with Crippen LogP contribution in [0.3, 0.4) is 0 Å². The Kier molecular flexibility index (Phi) is 4.13. The molecule has 0 fully saturated rings. The summed E-state index contributed by atoms with van der Waals surface area (Å²) in [5.74, 6) is 0.403. The molecule has 2 N–H and O–H groups in total. The van der Waals surface area contributed by atoms with Gasteiger partial charge in [0.05, 0.1) is 5.92 Å². The van der Waals surface area contributed by atoms with E-state index in [1.165, 1.54) is 11.6 Å². The van der Waals surface area contributed by atoms with Gasteiger partial charge < -0.3 is 10.3 Å². The van der Waals surface area contributed by atoms with Gasteiger partial charge in [-0.3, -0.25) is 9.59 Å². The van der Waals surface area contributed by atoms with E-state index in [0.29, 0.717) is 17.9 Å². The molecule has 1 amide bonds. The maximum atomic E-state index is 12.6. The van der Waals surface area contributed by atoms with Crippen LogP contribution in [-0.2, 0) is 17.6 Å². The van der Waals surface area contributed by atoms with Gasteiger partial charge in [0, 0.05) is 23.0 Å². The molecule has 0 spiro atoms. The van der Waals surface area contributed by atoms with E-state index in [4.69, 9.17) is 0 Å². The first-order chi connectivity index (χ1) is 12.6. The summed E-state index contributed by atoms with van der Waals surface area (Å²) < 4.78 is 0. The highest BCUT2D eigenvalue weighted by Gasteiger charge is 2.31. The number of hydrogen-bond donors (Lipinski definition) is 2. The van der Waals surface area contributed by atoms with E-state index < -0.39 is 0 Å². The van der Waals surface area contributed by atoms with Crippen LogP contribution in [0.5, 0.6) is 0 Å². The van der Waals surface area contributed by atoms with Crippen LogP contribution in [0, 0.1) is 0 Å². The zero-order valence-electron chi connectivity index (χ0n) is 14.5. The summed E-state index contributed by atoms with van der Waals surface area (Å²) >= 11 is 0. The van der Waals surface area contributed by atoms with Crippen molar-refractivity contribution in [2.75, 3.05) is 5.32 Å². The van der Waals surface area contributed by atoms with Gasteiger partial charge in [-0.2, -0.15) is 0 Å². The third kappa shape index (κ3) is 3.04. The molecule has 1 aromatic heterocycles. The molecule has 1 heterocycles. The maximum Gasteiger partial charge on any atom is 0.251 e. The number of benzene rings is 2. The van der Waals surface area contributed by atoms with E-state index in [-0.39, 0.29) is 17.4 Å². The molecule has 0 unspecified atom stereocenters. The Morgan fingerprint density at radius 2 is 2.04 bits per heavy atom. The molecule has 0 aliphatic heterocycles. The van der Waals surface area contributed by atoms with E-state index >= 15 is 0 Å². The molecule has 0 bridgehead atoms. The Balaban J connectivity index is 1.56. The zero-order valence-corrected chi connectivity index (χ0v) is 14.5. The van der Waals surface area contributed by atoms with Crippen LogP contribution in [0.4, 0.5) is 5.69 Å². The van der Waals surface area contributed by atoms with Gasteiger partial charge in [0.15, 0.2) is 0 Å². The SMILES string of the molecule is CCc1cc(=O)[nH]c(-c2cccc(NC(=O)[C@@H]3Cc4ccccc43)c2)n1. The topological polar surface area (TPSA) is 74.8 Å². The minimum absolute atomic E-state index is 0.00962. The molecule has 1 aliphatic carbocycles. The molecule has 0 saturated heterocycles. The lowest BCUT2D eigenvalue weighted by Gasteiger charge is -2.28. The Bertz CT molecular complexity index is 1040. The number of carbonyl (C=O) groups is 1. The number of nitrogens with zero attached hydrogens (tertiary/aromatic N) is 1. The van der Waals surface area contributed by atoms with Crippen molar-refractivity contribution in [3.8, 4) is 11.4 Å². The highest BCUT2D eigenvalue weighted by molar-refractivity contribution is 5.98. The Hall–Kier alpha value is -3.21. The molecular weight excluding hydrogens is 326 g/mol. The van der Waals surface area contributed by atoms with Gasteiger partial charge in [0.2, 0.25) is 5.91 Å². The first-order valence-corrected chi connectivity index (χ1v) is 8.73. The number of carbonyl (C=O) groups excluding carboxylic acids is 1. The van der Waals surface area contributed by atoms with Crippen LogP contribution in [0.1, 0.15) is 29.7 Å². The third-order valence-electron chi connectivity index (χ3n) is 4.73. The van der Waals surface area contributed by atoms with Crippen LogP contribution < -0.4 is 10.9 Å². The number of aromatic amines is 1. The van der Waals surface area contributed by atoms with Crippen LogP contribution in [0.15, 0.2) is 59.4 Å². The second-order valence-electron chi connectivity index (χ2n) is 6.46. The molecular formula is C21H19N3O2. The van der Waals surface area contributed by atoms with Crippen molar-refractivity contribution in [2.24, 2.45) is 0 Å². The number of amides is 1. The van der Waals surface area contributed by atoms with Crippen molar-refractivity contribution in [1.29, 1.82) is 0 Å². The molecule has 0 radical (unpaired) electrons. The predicted molar refractivity (Wildman–Crippen MR) is 101 cm³/mol. The van der Waals surface area contributed by atoms with E-state index in [0.717, 1.165) is 23.2 Å². The molecule has 5 nitrogen and oxygen atoms in total. The minimum atomic E-state index is -0.174. The van der Waals surface area contributed by atoms with Crippen molar-refractivity contribution >= 4 is 11.6 Å². The van der Waals surface area contributed by atoms with Crippen LogP contribution in [-0.4, -0.2) is 15.9 Å². The molecule has 0 saturated carbocycles. The van der Waals surface area contributed by atoms with Crippen LogP contribution in [0.25, 0.3) is 11.4 Å². The summed E-state index contributed by atoms with van der Waals surface area (Å²) in [5, 5.41) is 2.98. The van der Waals surface area contributed by atoms with Gasteiger partial charge in [-0.15, -0.1) is 0 Å². The molecule has 2 aromatic carbocycles. The van der Waals surface area contributed by atoms with Crippen LogP contribution >= 0.6 is 0 Å². The Morgan fingerprint density at radius 3 is 2.85 bits per heavy atom. The van der Waals surface area contributed by atoms with Crippen molar-refractivity contribution in [3.63, 3.8) is 0 Å². The number of aromatic nitrogens is 2. The molecule has 5 heteroatoms. The summed E-state index contributed by atoms with van der Waals surface area (Å²) in [4.78, 5) is 31.6. The van der Waals surface area contributed by atoms with Crippen molar-refractivity contribution < 1.29 is 4.79 Å². The van der Waals surface area contributed by atoms with Gasteiger partial charge in [-0.25, -0.2) is 4.98 Å². The monoisotopic (exact) mass is 345 g/mol. The molecule has 130 valence electrons. The smallest absolute Gasteiger partial charge is 0.251 e. The largest absolute Gasteiger partial charge is 0.326 e. The average Bonchev–Trinajstić information content (AvgIpc) is 2.62. The lowest BCUT2D eigenvalue weighted by Crippen LogP contribution is -2.30. The Labute approximate surface area is 151 Å². The summed E-state index contributed by atoms with van der Waals surface area (Å²) in [6.45, 7) is 1.96. The number of H-pyrrole nitrogens is 1. The highest BCUT2D eigenvalue weighted by Crippen LogP contribution is 2.35. The average molecular weight is 345 g/mol. The number of fused-ring (bicyclic) bond motifs is 1. The van der Waals surface area contributed by atoms with Gasteiger partial charge >= 0.3 is 0 Å². The summed E-state index contributed by atoms with van der Waals surface area (Å²) in [6.07, 6.45) is 1.46. The summed E-state index contributed by atoms with van der Waals surface area (Å²) in [6, 6.07) is 16.9. The molecule has 26 heavy (non-hydrogen) atoms. The van der Waals surface area contributed by atoms with Crippen LogP contribution in [0.2, 0.25) is 0 Å². The van der Waals surface area contributed by atoms with Crippen molar-refractivity contribution in [2.45, 2.75) is 25.7 Å². The first-order valence-electron chi connectivity index (χ1n) is 8.73. The molecule has 1 atom stereocenters. The second-order valence-corrected chi connectivity index (χ2v) is 6.46. The standard InChI is InChI=1S/C21H19N3O2/c1-2-15-12-19(25)24-20(22-15)14-7-5-8-16(10-14)23-21(26)18-11-13-6-3-4-9-17(13)18/h3-10,12,18H,2,11H2,1H3,(H,23,26)(H,22,24,25)/t18-/m1/s1. The number of anilines is 1. The van der Waals surface area contributed by atoms with Crippen molar-refractivity contribution in [3.05, 3.63) is 81.8 Å². The summed E-state index contributed by atoms with van der Waals surface area (Å²) in [5.41, 5.74) is 4.37.